The summed E-state index contributed by atoms with van der Waals surface area (Å²) in [7, 11) is 0. The molecular weight excluding hydrogens is 392 g/mol. The lowest BCUT2D eigenvalue weighted by Gasteiger charge is -2.32. The Morgan fingerprint density at radius 2 is 1.77 bits per heavy atom. The minimum atomic E-state index is 0.313. The lowest BCUT2D eigenvalue weighted by molar-refractivity contribution is -0.133. The number of hydrogen-bond donors (Lipinski definition) is 1. The standard InChI is InChI=1S/C23H22N6O2/c30-23(17-5-6-17)29-11-9-15(10-12-29)14-1-3-16(4-2-14)21-19-13-18(22-24-27-28-25-22)7-8-20(19)26-31-21/h1-4,7-8,13,15,17H,5-6,9-12H2,(H,24,25,27,28). The lowest BCUT2D eigenvalue weighted by Crippen LogP contribution is -2.38. The predicted octanol–water partition coefficient (Wildman–Crippen LogP) is 3.79. The summed E-state index contributed by atoms with van der Waals surface area (Å²) >= 11 is 0. The van der Waals surface area contributed by atoms with E-state index in [1.54, 1.807) is 0 Å². The Morgan fingerprint density at radius 1 is 1.00 bits per heavy atom. The highest BCUT2D eigenvalue weighted by Gasteiger charge is 2.35. The van der Waals surface area contributed by atoms with E-state index in [0.29, 0.717) is 23.6 Å². The lowest BCUT2D eigenvalue weighted by atomic mass is 9.88. The SMILES string of the molecule is O=C(C1CC1)N1CCC(c2ccc(-c3onc4ccc(-c5nn[nH]n5)cc34)cc2)CC1. The van der Waals surface area contributed by atoms with Gasteiger partial charge in [0.2, 0.25) is 11.7 Å². The van der Waals surface area contributed by atoms with Gasteiger partial charge in [-0.25, -0.2) is 0 Å². The molecule has 2 aliphatic rings. The van der Waals surface area contributed by atoms with Crippen molar-refractivity contribution in [2.24, 2.45) is 5.92 Å². The molecule has 2 aromatic heterocycles. The molecule has 2 fully saturated rings. The second kappa shape index (κ2) is 7.30. The highest BCUT2D eigenvalue weighted by Crippen LogP contribution is 2.36. The Morgan fingerprint density at radius 3 is 2.48 bits per heavy atom. The number of aromatic amines is 1. The molecule has 1 saturated carbocycles. The summed E-state index contributed by atoms with van der Waals surface area (Å²) in [4.78, 5) is 14.3. The van der Waals surface area contributed by atoms with Crippen molar-refractivity contribution in [1.82, 2.24) is 30.7 Å². The average Bonchev–Trinajstić information content (AvgIpc) is 3.36. The van der Waals surface area contributed by atoms with Gasteiger partial charge in [0.15, 0.2) is 5.76 Å². The number of fused-ring (bicyclic) bond motifs is 1. The zero-order chi connectivity index (χ0) is 20.8. The number of piperidine rings is 1. The van der Waals surface area contributed by atoms with Gasteiger partial charge in [-0.15, -0.1) is 10.2 Å². The summed E-state index contributed by atoms with van der Waals surface area (Å²) in [5.41, 5.74) is 3.95. The fourth-order valence-corrected chi connectivity index (χ4v) is 4.50. The zero-order valence-corrected chi connectivity index (χ0v) is 17.0. The number of H-pyrrole nitrogens is 1. The van der Waals surface area contributed by atoms with E-state index in [-0.39, 0.29) is 0 Å². The number of tetrazole rings is 1. The maximum absolute atomic E-state index is 12.3. The van der Waals surface area contributed by atoms with Crippen LogP contribution >= 0.6 is 0 Å². The summed E-state index contributed by atoms with van der Waals surface area (Å²) in [5, 5.41) is 19.3. The van der Waals surface area contributed by atoms with Gasteiger partial charge >= 0.3 is 0 Å². The van der Waals surface area contributed by atoms with Crippen LogP contribution in [0.3, 0.4) is 0 Å². The molecule has 1 aliphatic carbocycles. The fraction of sp³-hybridized carbons (Fsp3) is 0.348. The van der Waals surface area contributed by atoms with E-state index >= 15 is 0 Å². The molecule has 1 aliphatic heterocycles. The van der Waals surface area contributed by atoms with Crippen molar-refractivity contribution < 1.29 is 9.32 Å². The summed E-state index contributed by atoms with van der Waals surface area (Å²) in [5.74, 6) is 2.44. The van der Waals surface area contributed by atoms with Crippen LogP contribution < -0.4 is 0 Å². The van der Waals surface area contributed by atoms with Crippen LogP contribution in [0.25, 0.3) is 33.6 Å². The van der Waals surface area contributed by atoms with Gasteiger partial charge in [0, 0.05) is 30.1 Å². The molecule has 0 radical (unpaired) electrons. The third-order valence-electron chi connectivity index (χ3n) is 6.46. The van der Waals surface area contributed by atoms with Crippen LogP contribution in [-0.2, 0) is 4.79 Å². The molecule has 8 nitrogen and oxygen atoms in total. The van der Waals surface area contributed by atoms with Crippen molar-refractivity contribution in [3.8, 4) is 22.7 Å². The minimum Gasteiger partial charge on any atom is -0.355 e. The largest absolute Gasteiger partial charge is 0.355 e. The van der Waals surface area contributed by atoms with Crippen LogP contribution in [0.2, 0.25) is 0 Å². The first-order chi connectivity index (χ1) is 15.3. The summed E-state index contributed by atoms with van der Waals surface area (Å²) in [6.45, 7) is 1.74. The van der Waals surface area contributed by atoms with E-state index in [0.717, 1.165) is 66.6 Å². The van der Waals surface area contributed by atoms with Gasteiger partial charge in [-0.05, 0) is 60.6 Å². The number of nitrogens with one attached hydrogen (secondary N) is 1. The maximum Gasteiger partial charge on any atom is 0.225 e. The molecule has 1 saturated heterocycles. The Balaban J connectivity index is 1.21. The Hall–Kier alpha value is -3.55. The van der Waals surface area contributed by atoms with E-state index in [2.05, 4.69) is 54.9 Å². The van der Waals surface area contributed by atoms with Gasteiger partial charge in [0.05, 0.1) is 5.39 Å². The summed E-state index contributed by atoms with van der Waals surface area (Å²) in [6.07, 6.45) is 4.20. The van der Waals surface area contributed by atoms with Crippen molar-refractivity contribution in [1.29, 1.82) is 0 Å². The number of likely N-dealkylation sites (tertiary alicyclic amines) is 1. The number of hydrogen-bond acceptors (Lipinski definition) is 6. The zero-order valence-electron chi connectivity index (χ0n) is 17.0. The van der Waals surface area contributed by atoms with Gasteiger partial charge in [0.1, 0.15) is 5.52 Å². The number of benzene rings is 2. The van der Waals surface area contributed by atoms with Crippen LogP contribution in [0.4, 0.5) is 0 Å². The Labute approximate surface area is 178 Å². The van der Waals surface area contributed by atoms with Gasteiger partial charge in [0.25, 0.3) is 0 Å². The molecular formula is C23H22N6O2. The third-order valence-corrected chi connectivity index (χ3v) is 6.46. The highest BCUT2D eigenvalue weighted by atomic mass is 16.5. The molecule has 1 amide bonds. The van der Waals surface area contributed by atoms with Crippen LogP contribution in [0.5, 0.6) is 0 Å². The first-order valence-electron chi connectivity index (χ1n) is 10.8. The summed E-state index contributed by atoms with van der Waals surface area (Å²) in [6, 6.07) is 14.3. The van der Waals surface area contributed by atoms with Gasteiger partial charge in [-0.2, -0.15) is 5.21 Å². The number of rotatable bonds is 4. The number of aromatic nitrogens is 5. The first-order valence-corrected chi connectivity index (χ1v) is 10.8. The monoisotopic (exact) mass is 414 g/mol. The predicted molar refractivity (Wildman–Crippen MR) is 114 cm³/mol. The highest BCUT2D eigenvalue weighted by molar-refractivity contribution is 5.94. The van der Waals surface area contributed by atoms with Crippen molar-refractivity contribution in [3.05, 3.63) is 48.0 Å². The molecule has 2 aromatic carbocycles. The van der Waals surface area contributed by atoms with Crippen LogP contribution in [0.15, 0.2) is 47.0 Å². The summed E-state index contributed by atoms with van der Waals surface area (Å²) < 4.78 is 5.67. The molecule has 0 spiro atoms. The molecule has 1 N–H and O–H groups in total. The van der Waals surface area contributed by atoms with Crippen molar-refractivity contribution >= 4 is 16.8 Å². The molecule has 3 heterocycles. The Kier molecular flexibility index (Phi) is 4.29. The molecule has 156 valence electrons. The Bertz CT molecular complexity index is 1220. The second-order valence-corrected chi connectivity index (χ2v) is 8.47. The number of carbonyl (C=O) groups is 1. The number of carbonyl (C=O) groups excluding carboxylic acids is 1. The third kappa shape index (κ3) is 3.37. The van der Waals surface area contributed by atoms with E-state index in [9.17, 15) is 4.79 Å². The van der Waals surface area contributed by atoms with Crippen LogP contribution in [0.1, 0.15) is 37.2 Å². The van der Waals surface area contributed by atoms with E-state index in [4.69, 9.17) is 4.52 Å². The molecule has 8 heteroatoms. The van der Waals surface area contributed by atoms with Gasteiger partial charge < -0.3 is 9.42 Å². The smallest absolute Gasteiger partial charge is 0.225 e. The first kappa shape index (κ1) is 18.2. The van der Waals surface area contributed by atoms with E-state index < -0.39 is 0 Å². The molecule has 0 unspecified atom stereocenters. The second-order valence-electron chi connectivity index (χ2n) is 8.47. The molecule has 4 aromatic rings. The number of nitrogens with zero attached hydrogens (tertiary/aromatic N) is 5. The molecule has 6 rings (SSSR count). The maximum atomic E-state index is 12.3. The van der Waals surface area contributed by atoms with Gasteiger partial charge in [-0.3, -0.25) is 4.79 Å². The van der Waals surface area contributed by atoms with Crippen LogP contribution in [-0.4, -0.2) is 49.7 Å². The average molecular weight is 414 g/mol. The van der Waals surface area contributed by atoms with Crippen molar-refractivity contribution in [2.75, 3.05) is 13.1 Å². The molecule has 0 atom stereocenters. The normalized spacial score (nSPS) is 17.4. The minimum absolute atomic E-state index is 0.313. The fourth-order valence-electron chi connectivity index (χ4n) is 4.50. The van der Waals surface area contributed by atoms with Crippen molar-refractivity contribution in [2.45, 2.75) is 31.6 Å². The van der Waals surface area contributed by atoms with E-state index in [1.165, 1.54) is 5.56 Å². The molecule has 0 bridgehead atoms. The van der Waals surface area contributed by atoms with Gasteiger partial charge in [-0.1, -0.05) is 29.4 Å². The van der Waals surface area contributed by atoms with Crippen LogP contribution in [0, 0.1) is 5.92 Å². The quantitative estimate of drug-likeness (QED) is 0.545. The molecule has 31 heavy (non-hydrogen) atoms. The topological polar surface area (TPSA) is 101 Å². The number of amides is 1. The van der Waals surface area contributed by atoms with E-state index in [1.807, 2.05) is 18.2 Å². The van der Waals surface area contributed by atoms with Crippen molar-refractivity contribution in [3.63, 3.8) is 0 Å².